The van der Waals surface area contributed by atoms with Crippen molar-refractivity contribution >= 4 is 17.4 Å². The molecule has 1 aliphatic rings. The van der Waals surface area contributed by atoms with Crippen LogP contribution in [0.2, 0.25) is 0 Å². The minimum absolute atomic E-state index is 0.299. The summed E-state index contributed by atoms with van der Waals surface area (Å²) in [7, 11) is 1.55. The third-order valence-electron chi connectivity index (χ3n) is 4.10. The second-order valence-corrected chi connectivity index (χ2v) is 5.57. The molecule has 24 heavy (non-hydrogen) atoms. The Labute approximate surface area is 139 Å². The van der Waals surface area contributed by atoms with E-state index in [1.165, 1.54) is 6.07 Å². The number of hydrogen-bond donors (Lipinski definition) is 1. The molecule has 3 rings (SSSR count). The predicted octanol–water partition coefficient (Wildman–Crippen LogP) is 3.47. The van der Waals surface area contributed by atoms with Gasteiger partial charge in [0.15, 0.2) is 0 Å². The summed E-state index contributed by atoms with van der Waals surface area (Å²) in [5.74, 6) is -1.79. The molecule has 5 nitrogen and oxygen atoms in total. The number of carboxylic acid groups (broad SMARTS) is 1. The first-order valence-corrected chi connectivity index (χ1v) is 7.48. The minimum Gasteiger partial charge on any atom is -0.497 e. The maximum atomic E-state index is 14.3. The van der Waals surface area contributed by atoms with Gasteiger partial charge in [-0.1, -0.05) is 24.3 Å². The summed E-state index contributed by atoms with van der Waals surface area (Å²) in [6, 6.07) is 12.5. The van der Waals surface area contributed by atoms with Crippen LogP contribution in [0, 0.1) is 11.7 Å². The van der Waals surface area contributed by atoms with E-state index in [0.717, 1.165) is 0 Å². The van der Waals surface area contributed by atoms with Crippen LogP contribution in [0.15, 0.2) is 53.6 Å². The molecule has 0 radical (unpaired) electrons. The summed E-state index contributed by atoms with van der Waals surface area (Å²) < 4.78 is 19.6. The molecule has 0 saturated carbocycles. The third-order valence-corrected chi connectivity index (χ3v) is 4.10. The van der Waals surface area contributed by atoms with Crippen molar-refractivity contribution in [1.29, 1.82) is 0 Å². The first-order valence-electron chi connectivity index (χ1n) is 7.48. The number of carbonyl (C=O) groups is 1. The molecule has 2 unspecified atom stereocenters. The van der Waals surface area contributed by atoms with Crippen LogP contribution in [0.4, 0.5) is 10.1 Å². The predicted molar refractivity (Wildman–Crippen MR) is 88.8 cm³/mol. The second kappa shape index (κ2) is 6.31. The van der Waals surface area contributed by atoms with E-state index >= 15 is 0 Å². The number of carboxylic acids is 1. The molecule has 2 aromatic rings. The van der Waals surface area contributed by atoms with Crippen molar-refractivity contribution < 1.29 is 19.0 Å². The molecule has 2 atom stereocenters. The molecular weight excluding hydrogens is 311 g/mol. The summed E-state index contributed by atoms with van der Waals surface area (Å²) in [5, 5.41) is 15.6. The highest BCUT2D eigenvalue weighted by Crippen LogP contribution is 2.40. The van der Waals surface area contributed by atoms with Gasteiger partial charge in [-0.25, -0.2) is 4.39 Å². The van der Waals surface area contributed by atoms with Crippen molar-refractivity contribution in [2.45, 2.75) is 13.0 Å². The van der Waals surface area contributed by atoms with Crippen molar-refractivity contribution in [2.75, 3.05) is 12.1 Å². The van der Waals surface area contributed by atoms with Crippen LogP contribution in [0.1, 0.15) is 18.5 Å². The standard InChI is InChI=1S/C18H17FN2O3/c1-11-16(18(22)23)17(14-8-3-4-9-15(14)19)21(20-11)12-6-5-7-13(10-12)24-2/h3-10,16-17H,1-2H3,(H,22,23). The second-order valence-electron chi connectivity index (χ2n) is 5.57. The maximum Gasteiger partial charge on any atom is 0.314 e. The average Bonchev–Trinajstić information content (AvgIpc) is 2.92. The smallest absolute Gasteiger partial charge is 0.314 e. The lowest BCUT2D eigenvalue weighted by Gasteiger charge is -2.27. The highest BCUT2D eigenvalue weighted by atomic mass is 19.1. The summed E-state index contributed by atoms with van der Waals surface area (Å²) in [6.07, 6.45) is 0. The number of nitrogens with zero attached hydrogens (tertiary/aromatic N) is 2. The molecule has 1 N–H and O–H groups in total. The largest absolute Gasteiger partial charge is 0.497 e. The number of hydrogen-bond acceptors (Lipinski definition) is 4. The Morgan fingerprint density at radius 3 is 2.67 bits per heavy atom. The van der Waals surface area contributed by atoms with Crippen LogP contribution in [-0.2, 0) is 4.79 Å². The molecule has 1 aliphatic heterocycles. The molecule has 0 fully saturated rings. The van der Waals surface area contributed by atoms with E-state index in [1.807, 2.05) is 0 Å². The first-order chi connectivity index (χ1) is 11.5. The van der Waals surface area contributed by atoms with Gasteiger partial charge in [0.05, 0.1) is 24.6 Å². The molecule has 0 aromatic heterocycles. The van der Waals surface area contributed by atoms with Crippen LogP contribution >= 0.6 is 0 Å². The summed E-state index contributed by atoms with van der Waals surface area (Å²) in [6.45, 7) is 1.65. The molecule has 0 aliphatic carbocycles. The fraction of sp³-hybridized carbons (Fsp3) is 0.222. The van der Waals surface area contributed by atoms with Crippen LogP contribution in [0.25, 0.3) is 0 Å². The van der Waals surface area contributed by atoms with Gasteiger partial charge in [0, 0.05) is 11.6 Å². The Bertz CT molecular complexity index is 806. The Kier molecular flexibility index (Phi) is 4.20. The number of ether oxygens (including phenoxy) is 1. The van der Waals surface area contributed by atoms with Gasteiger partial charge in [0.2, 0.25) is 0 Å². The minimum atomic E-state index is -1.03. The molecule has 0 saturated heterocycles. The highest BCUT2D eigenvalue weighted by Gasteiger charge is 2.43. The van der Waals surface area contributed by atoms with Gasteiger partial charge in [-0.05, 0) is 25.1 Å². The van der Waals surface area contributed by atoms with Crippen molar-refractivity contribution in [3.05, 3.63) is 59.9 Å². The molecule has 124 valence electrons. The van der Waals surface area contributed by atoms with E-state index in [0.29, 0.717) is 22.7 Å². The highest BCUT2D eigenvalue weighted by molar-refractivity contribution is 6.03. The van der Waals surface area contributed by atoms with E-state index in [-0.39, 0.29) is 0 Å². The number of rotatable bonds is 4. The Balaban J connectivity index is 2.12. The van der Waals surface area contributed by atoms with Gasteiger partial charge in [-0.15, -0.1) is 0 Å². The zero-order chi connectivity index (χ0) is 17.3. The van der Waals surface area contributed by atoms with Gasteiger partial charge in [0.1, 0.15) is 17.5 Å². The van der Waals surface area contributed by atoms with Gasteiger partial charge in [0.25, 0.3) is 0 Å². The van der Waals surface area contributed by atoms with Crippen LogP contribution in [-0.4, -0.2) is 23.9 Å². The quantitative estimate of drug-likeness (QED) is 0.933. The van der Waals surface area contributed by atoms with Crippen LogP contribution in [0.3, 0.4) is 0 Å². The van der Waals surface area contributed by atoms with E-state index in [1.54, 1.807) is 61.5 Å². The number of anilines is 1. The van der Waals surface area contributed by atoms with Crippen LogP contribution < -0.4 is 9.75 Å². The normalized spacial score (nSPS) is 20.0. The van der Waals surface area contributed by atoms with E-state index in [2.05, 4.69) is 5.10 Å². The molecule has 1 heterocycles. The molecule has 6 heteroatoms. The first kappa shape index (κ1) is 16.0. The number of methoxy groups -OCH3 is 1. The number of halogens is 1. The molecule has 0 spiro atoms. The van der Waals surface area contributed by atoms with Crippen LogP contribution in [0.5, 0.6) is 5.75 Å². The fourth-order valence-corrected chi connectivity index (χ4v) is 2.98. The van der Waals surface area contributed by atoms with Gasteiger partial charge >= 0.3 is 5.97 Å². The lowest BCUT2D eigenvalue weighted by molar-refractivity contribution is -0.139. The molecule has 0 amide bonds. The summed E-state index contributed by atoms with van der Waals surface area (Å²) in [5.41, 5.74) is 1.37. The summed E-state index contributed by atoms with van der Waals surface area (Å²) >= 11 is 0. The van der Waals surface area contributed by atoms with E-state index < -0.39 is 23.7 Å². The lowest BCUT2D eigenvalue weighted by atomic mass is 9.90. The van der Waals surface area contributed by atoms with Crippen molar-refractivity contribution in [1.82, 2.24) is 0 Å². The zero-order valence-electron chi connectivity index (χ0n) is 13.3. The van der Waals surface area contributed by atoms with Gasteiger partial charge < -0.3 is 9.84 Å². The van der Waals surface area contributed by atoms with E-state index in [9.17, 15) is 14.3 Å². The number of aliphatic carboxylic acids is 1. The number of benzene rings is 2. The average molecular weight is 328 g/mol. The topological polar surface area (TPSA) is 62.1 Å². The van der Waals surface area contributed by atoms with Crippen molar-refractivity contribution in [3.63, 3.8) is 0 Å². The van der Waals surface area contributed by atoms with E-state index in [4.69, 9.17) is 4.74 Å². The zero-order valence-corrected chi connectivity index (χ0v) is 13.3. The van der Waals surface area contributed by atoms with Crippen molar-refractivity contribution in [2.24, 2.45) is 11.0 Å². The molecular formula is C18H17FN2O3. The molecule has 0 bridgehead atoms. The van der Waals surface area contributed by atoms with Crippen molar-refractivity contribution in [3.8, 4) is 5.75 Å². The maximum absolute atomic E-state index is 14.3. The summed E-state index contributed by atoms with van der Waals surface area (Å²) in [4.78, 5) is 11.8. The Morgan fingerprint density at radius 1 is 1.25 bits per heavy atom. The Morgan fingerprint density at radius 2 is 2.00 bits per heavy atom. The number of hydrazone groups is 1. The lowest BCUT2D eigenvalue weighted by Crippen LogP contribution is -2.31. The fourth-order valence-electron chi connectivity index (χ4n) is 2.98. The molecule has 2 aromatic carbocycles. The monoisotopic (exact) mass is 328 g/mol. The van der Waals surface area contributed by atoms with Gasteiger partial charge in [-0.3, -0.25) is 9.80 Å². The Hall–Kier alpha value is -2.89. The third kappa shape index (κ3) is 2.71. The SMILES string of the molecule is COc1cccc(N2N=C(C)C(C(=O)O)C2c2ccccc2F)c1. The van der Waals surface area contributed by atoms with Gasteiger partial charge in [-0.2, -0.15) is 5.10 Å².